The number of nitrogens with zero attached hydrogens (tertiary/aromatic N) is 2. The van der Waals surface area contributed by atoms with Crippen molar-refractivity contribution in [1.82, 2.24) is 4.98 Å². The average Bonchev–Trinajstić information content (AvgIpc) is 2.83. The number of nitrogens with two attached hydrogens (primary N) is 1. The first kappa shape index (κ1) is 19.7. The molecule has 0 unspecified atom stereocenters. The van der Waals surface area contributed by atoms with Gasteiger partial charge in [0.1, 0.15) is 10.7 Å². The lowest BCUT2D eigenvalue weighted by atomic mass is 9.80. The number of anilines is 2. The summed E-state index contributed by atoms with van der Waals surface area (Å²) in [6.07, 6.45) is 1.49. The lowest BCUT2D eigenvalue weighted by Gasteiger charge is -2.32. The van der Waals surface area contributed by atoms with Gasteiger partial charge in [-0.2, -0.15) is 0 Å². The number of hydrogen-bond acceptors (Lipinski definition) is 6. The number of para-hydroxylation sites is 1. The second kappa shape index (κ2) is 6.51. The Balaban J connectivity index is 1.99. The van der Waals surface area contributed by atoms with Gasteiger partial charge in [-0.05, 0) is 45.9 Å². The van der Waals surface area contributed by atoms with Gasteiger partial charge in [-0.1, -0.05) is 18.2 Å². The zero-order valence-corrected chi connectivity index (χ0v) is 16.9. The van der Waals surface area contributed by atoms with Crippen molar-refractivity contribution in [1.29, 1.82) is 0 Å². The normalized spacial score (nSPS) is 18.5. The van der Waals surface area contributed by atoms with Crippen LogP contribution >= 0.6 is 0 Å². The molecule has 144 valence electrons. The molecule has 0 aliphatic carbocycles. The molecule has 1 aliphatic rings. The first-order chi connectivity index (χ1) is 12.5. The molecular weight excluding hydrogens is 365 g/mol. The molecule has 1 aliphatic heterocycles. The molecule has 2 N–H and O–H groups in total. The smallest absolute Gasteiger partial charge is 0.399 e. The maximum absolute atomic E-state index is 13.1. The SMILES string of the molecule is CN(c1ccccc1)S(=O)(=O)c1cc(B2OC(C)(C)C(C)(C)O2)cnc1N. The fraction of sp³-hybridized carbons (Fsp3) is 0.389. The first-order valence-electron chi connectivity index (χ1n) is 8.61. The third kappa shape index (κ3) is 3.42. The van der Waals surface area contributed by atoms with Gasteiger partial charge in [-0.15, -0.1) is 0 Å². The van der Waals surface area contributed by atoms with Crippen molar-refractivity contribution in [2.24, 2.45) is 0 Å². The second-order valence-corrected chi connectivity index (χ2v) is 9.49. The summed E-state index contributed by atoms with van der Waals surface area (Å²) < 4.78 is 39.4. The van der Waals surface area contributed by atoms with Crippen molar-refractivity contribution < 1.29 is 17.7 Å². The summed E-state index contributed by atoms with van der Waals surface area (Å²) in [7, 11) is -3.14. The lowest BCUT2D eigenvalue weighted by Crippen LogP contribution is -2.41. The molecule has 1 aromatic heterocycles. The molecule has 0 saturated carbocycles. The van der Waals surface area contributed by atoms with Crippen LogP contribution in [0.2, 0.25) is 0 Å². The molecule has 7 nitrogen and oxygen atoms in total. The maximum atomic E-state index is 13.1. The van der Waals surface area contributed by atoms with Crippen LogP contribution in [0.3, 0.4) is 0 Å². The highest BCUT2D eigenvalue weighted by atomic mass is 32.2. The Morgan fingerprint density at radius 1 is 1.07 bits per heavy atom. The molecular formula is C18H24BN3O4S. The predicted molar refractivity (Wildman–Crippen MR) is 106 cm³/mol. The summed E-state index contributed by atoms with van der Waals surface area (Å²) in [5.74, 6) is -0.0713. The molecule has 0 atom stereocenters. The summed E-state index contributed by atoms with van der Waals surface area (Å²) in [6, 6.07) is 10.2. The van der Waals surface area contributed by atoms with Crippen molar-refractivity contribution in [3.8, 4) is 0 Å². The van der Waals surface area contributed by atoms with Gasteiger partial charge in [0, 0.05) is 18.7 Å². The van der Waals surface area contributed by atoms with Crippen LogP contribution in [-0.2, 0) is 19.3 Å². The van der Waals surface area contributed by atoms with Crippen LogP contribution in [0, 0.1) is 0 Å². The molecule has 0 bridgehead atoms. The third-order valence-electron chi connectivity index (χ3n) is 5.19. The van der Waals surface area contributed by atoms with Gasteiger partial charge in [-0.3, -0.25) is 4.31 Å². The van der Waals surface area contributed by atoms with Crippen LogP contribution in [0.5, 0.6) is 0 Å². The Morgan fingerprint density at radius 2 is 1.63 bits per heavy atom. The highest BCUT2D eigenvalue weighted by molar-refractivity contribution is 7.93. The highest BCUT2D eigenvalue weighted by Crippen LogP contribution is 2.36. The topological polar surface area (TPSA) is 94.8 Å². The van der Waals surface area contributed by atoms with Crippen LogP contribution in [-0.4, -0.2) is 38.8 Å². The summed E-state index contributed by atoms with van der Waals surface area (Å²) >= 11 is 0. The van der Waals surface area contributed by atoms with E-state index >= 15 is 0 Å². The molecule has 3 rings (SSSR count). The van der Waals surface area contributed by atoms with E-state index in [-0.39, 0.29) is 10.7 Å². The summed E-state index contributed by atoms with van der Waals surface area (Å²) in [5.41, 5.74) is 5.84. The highest BCUT2D eigenvalue weighted by Gasteiger charge is 2.52. The standard InChI is InChI=1S/C18H24BN3O4S/c1-17(2)18(3,4)26-19(25-17)13-11-15(16(20)21-12-13)27(23,24)22(5)14-9-7-6-8-10-14/h6-12H,1-5H3,(H2,20,21). The van der Waals surface area contributed by atoms with E-state index in [1.807, 2.05) is 33.8 Å². The molecule has 27 heavy (non-hydrogen) atoms. The number of sulfonamides is 1. The van der Waals surface area contributed by atoms with E-state index in [9.17, 15) is 8.42 Å². The van der Waals surface area contributed by atoms with E-state index in [2.05, 4.69) is 4.98 Å². The monoisotopic (exact) mass is 389 g/mol. The largest absolute Gasteiger partial charge is 0.496 e. The fourth-order valence-electron chi connectivity index (χ4n) is 2.71. The minimum absolute atomic E-state index is 0.0713. The lowest BCUT2D eigenvalue weighted by molar-refractivity contribution is 0.00578. The van der Waals surface area contributed by atoms with Crippen molar-refractivity contribution in [3.05, 3.63) is 42.6 Å². The average molecular weight is 389 g/mol. The van der Waals surface area contributed by atoms with Gasteiger partial charge in [0.15, 0.2) is 0 Å². The Labute approximate surface area is 160 Å². The summed E-state index contributed by atoms with van der Waals surface area (Å²) in [6.45, 7) is 7.72. The van der Waals surface area contributed by atoms with E-state index in [4.69, 9.17) is 15.0 Å². The minimum atomic E-state index is -3.90. The molecule has 0 radical (unpaired) electrons. The maximum Gasteiger partial charge on any atom is 0.496 e. The van der Waals surface area contributed by atoms with Gasteiger partial charge >= 0.3 is 7.12 Å². The fourth-order valence-corrected chi connectivity index (χ4v) is 4.01. The van der Waals surface area contributed by atoms with Crippen LogP contribution < -0.4 is 15.5 Å². The van der Waals surface area contributed by atoms with Crippen molar-refractivity contribution in [2.75, 3.05) is 17.1 Å². The zero-order valence-electron chi connectivity index (χ0n) is 16.1. The van der Waals surface area contributed by atoms with Crippen LogP contribution in [0.4, 0.5) is 11.5 Å². The van der Waals surface area contributed by atoms with Gasteiger partial charge in [-0.25, -0.2) is 13.4 Å². The number of pyridine rings is 1. The van der Waals surface area contributed by atoms with Crippen LogP contribution in [0.15, 0.2) is 47.5 Å². The number of nitrogen functional groups attached to an aromatic ring is 1. The Bertz CT molecular complexity index is 932. The molecule has 0 amide bonds. The number of hydrogen-bond donors (Lipinski definition) is 1. The minimum Gasteiger partial charge on any atom is -0.399 e. The second-order valence-electron chi connectivity index (χ2n) is 7.55. The van der Waals surface area contributed by atoms with E-state index in [1.165, 1.54) is 23.6 Å². The van der Waals surface area contributed by atoms with Crippen LogP contribution in [0.25, 0.3) is 0 Å². The molecule has 0 spiro atoms. The Morgan fingerprint density at radius 3 is 2.19 bits per heavy atom. The molecule has 1 fully saturated rings. The Kier molecular flexibility index (Phi) is 4.74. The summed E-state index contributed by atoms with van der Waals surface area (Å²) in [5, 5.41) is 0. The molecule has 2 aromatic rings. The van der Waals surface area contributed by atoms with Gasteiger partial charge in [0.2, 0.25) is 0 Å². The number of benzene rings is 1. The van der Waals surface area contributed by atoms with Crippen molar-refractivity contribution >= 4 is 34.1 Å². The molecule has 1 saturated heterocycles. The van der Waals surface area contributed by atoms with Gasteiger partial charge in [0.05, 0.1) is 16.9 Å². The van der Waals surface area contributed by atoms with Crippen molar-refractivity contribution in [3.63, 3.8) is 0 Å². The molecule has 9 heteroatoms. The quantitative estimate of drug-likeness (QED) is 0.802. The predicted octanol–water partition coefficient (Wildman–Crippen LogP) is 1.79. The Hall–Kier alpha value is -2.10. The van der Waals surface area contributed by atoms with E-state index in [0.717, 1.165) is 0 Å². The molecule has 2 heterocycles. The van der Waals surface area contributed by atoms with Crippen molar-refractivity contribution in [2.45, 2.75) is 43.8 Å². The number of rotatable bonds is 4. The van der Waals surface area contributed by atoms with Gasteiger partial charge in [0.25, 0.3) is 10.0 Å². The van der Waals surface area contributed by atoms with E-state index in [1.54, 1.807) is 24.3 Å². The third-order valence-corrected chi connectivity index (χ3v) is 7.00. The molecule has 1 aromatic carbocycles. The number of aromatic nitrogens is 1. The van der Waals surface area contributed by atoms with E-state index < -0.39 is 28.3 Å². The zero-order chi connectivity index (χ0) is 20.0. The van der Waals surface area contributed by atoms with Crippen LogP contribution in [0.1, 0.15) is 27.7 Å². The summed E-state index contributed by atoms with van der Waals surface area (Å²) in [4.78, 5) is 3.99. The van der Waals surface area contributed by atoms with E-state index in [0.29, 0.717) is 11.2 Å². The first-order valence-corrected chi connectivity index (χ1v) is 10.0. The van der Waals surface area contributed by atoms with Gasteiger partial charge < -0.3 is 15.0 Å².